The number of methoxy groups -OCH3 is 1. The molecule has 1 atom stereocenters. The van der Waals surface area contributed by atoms with E-state index in [0.717, 1.165) is 16.7 Å². The molecule has 0 fully saturated rings. The van der Waals surface area contributed by atoms with Gasteiger partial charge in [-0.3, -0.25) is 9.59 Å². The molecule has 1 amide bonds. The van der Waals surface area contributed by atoms with Crippen LogP contribution < -0.4 is 15.5 Å². The van der Waals surface area contributed by atoms with Crippen molar-refractivity contribution < 1.29 is 13.9 Å². The number of nitrogens with one attached hydrogen (secondary N) is 1. The molecular formula is C21H21NO4. The summed E-state index contributed by atoms with van der Waals surface area (Å²) in [5.74, 6) is 0.240. The summed E-state index contributed by atoms with van der Waals surface area (Å²) in [6, 6.07) is 12.0. The van der Waals surface area contributed by atoms with E-state index in [2.05, 4.69) is 5.32 Å². The Kier molecular flexibility index (Phi) is 4.80. The molecular weight excluding hydrogens is 330 g/mol. The number of amides is 1. The molecule has 3 rings (SSSR count). The highest BCUT2D eigenvalue weighted by atomic mass is 16.5. The third kappa shape index (κ3) is 3.47. The lowest BCUT2D eigenvalue weighted by atomic mass is 10.0. The summed E-state index contributed by atoms with van der Waals surface area (Å²) >= 11 is 0. The fourth-order valence-corrected chi connectivity index (χ4v) is 2.92. The van der Waals surface area contributed by atoms with Gasteiger partial charge in [0.05, 0.1) is 18.5 Å². The van der Waals surface area contributed by atoms with Gasteiger partial charge in [-0.1, -0.05) is 29.3 Å². The molecule has 0 aliphatic rings. The lowest BCUT2D eigenvalue weighted by molar-refractivity contribution is 0.0912. The Morgan fingerprint density at radius 1 is 1.08 bits per heavy atom. The maximum Gasteiger partial charge on any atom is 0.287 e. The molecule has 3 aromatic rings. The Hall–Kier alpha value is -3.08. The quantitative estimate of drug-likeness (QED) is 0.774. The molecule has 5 nitrogen and oxygen atoms in total. The number of fused-ring (bicyclic) bond motifs is 1. The molecule has 134 valence electrons. The average Bonchev–Trinajstić information content (AvgIpc) is 2.62. The monoisotopic (exact) mass is 351 g/mol. The predicted octanol–water partition coefficient (Wildman–Crippen LogP) is 3.91. The topological polar surface area (TPSA) is 68.5 Å². The van der Waals surface area contributed by atoms with Gasteiger partial charge in [0, 0.05) is 11.6 Å². The molecule has 0 aliphatic heterocycles. The van der Waals surface area contributed by atoms with Gasteiger partial charge in [0.15, 0.2) is 11.2 Å². The van der Waals surface area contributed by atoms with Gasteiger partial charge in [0.1, 0.15) is 11.3 Å². The van der Waals surface area contributed by atoms with Crippen molar-refractivity contribution in [3.8, 4) is 5.75 Å². The Morgan fingerprint density at radius 2 is 1.77 bits per heavy atom. The van der Waals surface area contributed by atoms with Crippen LogP contribution in [0.3, 0.4) is 0 Å². The van der Waals surface area contributed by atoms with E-state index in [-0.39, 0.29) is 17.2 Å². The van der Waals surface area contributed by atoms with E-state index in [1.165, 1.54) is 6.07 Å². The largest absolute Gasteiger partial charge is 0.496 e. The van der Waals surface area contributed by atoms with E-state index in [0.29, 0.717) is 16.7 Å². The maximum absolute atomic E-state index is 12.6. The van der Waals surface area contributed by atoms with Crippen LogP contribution in [0.1, 0.15) is 40.2 Å². The molecule has 0 saturated carbocycles. The first-order valence-corrected chi connectivity index (χ1v) is 8.39. The van der Waals surface area contributed by atoms with E-state index in [9.17, 15) is 9.59 Å². The second-order valence-electron chi connectivity index (χ2n) is 6.42. The van der Waals surface area contributed by atoms with Crippen LogP contribution in [0.2, 0.25) is 0 Å². The van der Waals surface area contributed by atoms with E-state index < -0.39 is 5.91 Å². The Balaban J connectivity index is 1.91. The van der Waals surface area contributed by atoms with Crippen LogP contribution in [0.25, 0.3) is 11.0 Å². The smallest absolute Gasteiger partial charge is 0.287 e. The Bertz CT molecular complexity index is 1040. The first-order chi connectivity index (χ1) is 12.4. The minimum atomic E-state index is -0.444. The van der Waals surface area contributed by atoms with Gasteiger partial charge >= 0.3 is 0 Å². The van der Waals surface area contributed by atoms with E-state index in [1.54, 1.807) is 19.2 Å². The third-order valence-electron chi connectivity index (χ3n) is 4.31. The fraction of sp³-hybridized carbons (Fsp3) is 0.238. The SMILES string of the molecule is COc1ccc(C)cc1[C@@H](C)NC(=O)c1cc(=O)c2cc(C)ccc2o1. The first kappa shape index (κ1) is 17.7. The van der Waals surface area contributed by atoms with Crippen LogP contribution in [0, 0.1) is 13.8 Å². The van der Waals surface area contributed by atoms with Crippen molar-refractivity contribution >= 4 is 16.9 Å². The minimum absolute atomic E-state index is 0.00942. The molecule has 0 saturated heterocycles. The minimum Gasteiger partial charge on any atom is -0.496 e. The molecule has 0 bridgehead atoms. The molecule has 1 N–H and O–H groups in total. The average molecular weight is 351 g/mol. The summed E-state index contributed by atoms with van der Waals surface area (Å²) in [6.45, 7) is 5.73. The highest BCUT2D eigenvalue weighted by Gasteiger charge is 2.18. The number of ether oxygens (including phenoxy) is 1. The van der Waals surface area contributed by atoms with Crippen LogP contribution in [-0.2, 0) is 0 Å². The number of hydrogen-bond acceptors (Lipinski definition) is 4. The summed E-state index contributed by atoms with van der Waals surface area (Å²) < 4.78 is 11.0. The fourth-order valence-electron chi connectivity index (χ4n) is 2.92. The maximum atomic E-state index is 12.6. The van der Waals surface area contributed by atoms with Gasteiger partial charge in [0.2, 0.25) is 0 Å². The van der Waals surface area contributed by atoms with E-state index in [1.807, 2.05) is 45.0 Å². The Morgan fingerprint density at radius 3 is 2.50 bits per heavy atom. The van der Waals surface area contributed by atoms with Crippen molar-refractivity contribution in [2.75, 3.05) is 7.11 Å². The second kappa shape index (κ2) is 7.04. The van der Waals surface area contributed by atoms with Gasteiger partial charge in [-0.15, -0.1) is 0 Å². The molecule has 1 heterocycles. The molecule has 0 radical (unpaired) electrons. The van der Waals surface area contributed by atoms with Gasteiger partial charge < -0.3 is 14.5 Å². The summed E-state index contributed by atoms with van der Waals surface area (Å²) in [4.78, 5) is 24.9. The van der Waals surface area contributed by atoms with Crippen LogP contribution in [-0.4, -0.2) is 13.0 Å². The van der Waals surface area contributed by atoms with Crippen LogP contribution in [0.15, 0.2) is 51.7 Å². The predicted molar refractivity (Wildman–Crippen MR) is 101 cm³/mol. The van der Waals surface area contributed by atoms with Crippen LogP contribution in [0.5, 0.6) is 5.75 Å². The molecule has 1 aromatic heterocycles. The molecule has 0 unspecified atom stereocenters. The highest BCUT2D eigenvalue weighted by Crippen LogP contribution is 2.26. The van der Waals surface area contributed by atoms with E-state index in [4.69, 9.17) is 9.15 Å². The number of benzene rings is 2. The normalized spacial score (nSPS) is 12.0. The van der Waals surface area contributed by atoms with Gasteiger partial charge in [-0.05, 0) is 39.0 Å². The van der Waals surface area contributed by atoms with Crippen molar-refractivity contribution in [3.63, 3.8) is 0 Å². The summed E-state index contributed by atoms with van der Waals surface area (Å²) in [5, 5.41) is 3.33. The summed E-state index contributed by atoms with van der Waals surface area (Å²) in [5.41, 5.74) is 3.05. The van der Waals surface area contributed by atoms with Crippen molar-refractivity contribution in [2.45, 2.75) is 26.8 Å². The van der Waals surface area contributed by atoms with Crippen molar-refractivity contribution in [1.29, 1.82) is 0 Å². The summed E-state index contributed by atoms with van der Waals surface area (Å²) in [6.07, 6.45) is 0. The number of hydrogen-bond donors (Lipinski definition) is 1. The molecule has 0 aliphatic carbocycles. The van der Waals surface area contributed by atoms with Gasteiger partial charge in [-0.25, -0.2) is 0 Å². The van der Waals surface area contributed by atoms with Crippen molar-refractivity contribution in [3.05, 3.63) is 75.1 Å². The Labute approximate surface area is 151 Å². The van der Waals surface area contributed by atoms with Crippen LogP contribution in [0.4, 0.5) is 0 Å². The molecule has 26 heavy (non-hydrogen) atoms. The highest BCUT2D eigenvalue weighted by molar-refractivity contribution is 5.93. The number of carbonyl (C=O) groups excluding carboxylic acids is 1. The summed E-state index contributed by atoms with van der Waals surface area (Å²) in [7, 11) is 1.59. The second-order valence-corrected chi connectivity index (χ2v) is 6.42. The van der Waals surface area contributed by atoms with Crippen molar-refractivity contribution in [1.82, 2.24) is 5.32 Å². The molecule has 5 heteroatoms. The lowest BCUT2D eigenvalue weighted by Crippen LogP contribution is -2.27. The molecule has 2 aromatic carbocycles. The zero-order valence-corrected chi connectivity index (χ0v) is 15.3. The van der Waals surface area contributed by atoms with Crippen LogP contribution >= 0.6 is 0 Å². The number of rotatable bonds is 4. The number of carbonyl (C=O) groups is 1. The lowest BCUT2D eigenvalue weighted by Gasteiger charge is -2.17. The standard InChI is InChI=1S/C21H21NO4/c1-12-5-7-18(25-4)15(9-12)14(3)22-21(24)20-11-17(23)16-10-13(2)6-8-19(16)26-20/h5-11,14H,1-4H3,(H,22,24)/t14-/m1/s1. The van der Waals surface area contributed by atoms with Gasteiger partial charge in [0.25, 0.3) is 5.91 Å². The first-order valence-electron chi connectivity index (χ1n) is 8.39. The zero-order valence-electron chi connectivity index (χ0n) is 15.3. The third-order valence-corrected chi connectivity index (χ3v) is 4.31. The number of aryl methyl sites for hydroxylation is 2. The van der Waals surface area contributed by atoms with Crippen molar-refractivity contribution in [2.24, 2.45) is 0 Å². The molecule has 0 spiro atoms. The zero-order chi connectivity index (χ0) is 18.8. The van der Waals surface area contributed by atoms with E-state index >= 15 is 0 Å². The van der Waals surface area contributed by atoms with Gasteiger partial charge in [-0.2, -0.15) is 0 Å².